The molecule has 2 aromatic rings. The van der Waals surface area contributed by atoms with E-state index in [2.05, 4.69) is 10.1 Å². The van der Waals surface area contributed by atoms with E-state index < -0.39 is 52.0 Å². The Morgan fingerprint density at radius 3 is 2.13 bits per heavy atom. The van der Waals surface area contributed by atoms with Crippen LogP contribution in [0.15, 0.2) is 12.1 Å². The van der Waals surface area contributed by atoms with Crippen molar-refractivity contribution in [2.24, 2.45) is 0 Å². The molecule has 0 radical (unpaired) electrons. The number of anilines is 1. The van der Waals surface area contributed by atoms with Gasteiger partial charge in [0.1, 0.15) is 6.35 Å². The van der Waals surface area contributed by atoms with Crippen molar-refractivity contribution >= 4 is 31.4 Å². The third-order valence-electron chi connectivity index (χ3n) is 4.87. The second kappa shape index (κ2) is 14.9. The fraction of sp³-hybridized carbons (Fsp3) is 0.652. The van der Waals surface area contributed by atoms with Crippen LogP contribution in [0.3, 0.4) is 0 Å². The quantitative estimate of drug-likeness (QED) is 0.182. The molecule has 0 aromatic carbocycles. The van der Waals surface area contributed by atoms with Gasteiger partial charge < -0.3 is 29.4 Å². The summed E-state index contributed by atoms with van der Waals surface area (Å²) in [5, 5.41) is 4.27. The average molecular weight is 561 g/mol. The van der Waals surface area contributed by atoms with Gasteiger partial charge >= 0.3 is 19.9 Å². The Morgan fingerprint density at radius 1 is 1.00 bits per heavy atom. The third-order valence-corrected chi connectivity index (χ3v) is 6.33. The van der Waals surface area contributed by atoms with Gasteiger partial charge in [-0.1, -0.05) is 0 Å². The number of hydrogen-bond donors (Lipinski definition) is 1. The Balaban J connectivity index is 1.87. The van der Waals surface area contributed by atoms with Crippen LogP contribution in [-0.2, 0) is 43.7 Å². The lowest BCUT2D eigenvalue weighted by Gasteiger charge is -2.21. The van der Waals surface area contributed by atoms with E-state index in [1.54, 1.807) is 39.1 Å². The van der Waals surface area contributed by atoms with Gasteiger partial charge in [-0.05, 0) is 72.9 Å². The van der Waals surface area contributed by atoms with Gasteiger partial charge in [0.15, 0.2) is 0 Å². The van der Waals surface area contributed by atoms with Crippen molar-refractivity contribution in [2.75, 3.05) is 25.7 Å². The van der Waals surface area contributed by atoms with Crippen molar-refractivity contribution in [2.45, 2.75) is 79.1 Å². The Bertz CT molecular complexity index is 1080. The molecule has 0 aliphatic rings. The molecule has 0 bridgehead atoms. The Kier molecular flexibility index (Phi) is 12.2. The van der Waals surface area contributed by atoms with Crippen molar-refractivity contribution in [1.82, 2.24) is 14.6 Å². The molecule has 214 valence electrons. The van der Waals surface area contributed by atoms with E-state index in [1.807, 2.05) is 19.1 Å². The second-order valence-corrected chi connectivity index (χ2v) is 10.9. The molecule has 0 saturated carbocycles. The number of carbonyl (C=O) groups is 2. The lowest BCUT2D eigenvalue weighted by atomic mass is 10.1. The lowest BCUT2D eigenvalue weighted by molar-refractivity contribution is -0.0367. The van der Waals surface area contributed by atoms with E-state index in [0.717, 1.165) is 23.3 Å². The van der Waals surface area contributed by atoms with E-state index in [1.165, 1.54) is 0 Å². The summed E-state index contributed by atoms with van der Waals surface area (Å²) in [6.07, 6.45) is -1.59. The molecule has 38 heavy (non-hydrogen) atoms. The van der Waals surface area contributed by atoms with E-state index in [4.69, 9.17) is 38.5 Å². The molecule has 2 N–H and O–H groups in total. The molecule has 1 unspecified atom stereocenters. The molecule has 2 aromatic heterocycles. The fourth-order valence-corrected chi connectivity index (χ4v) is 4.24. The summed E-state index contributed by atoms with van der Waals surface area (Å²) in [6.45, 7) is 8.80. The van der Waals surface area contributed by atoms with Crippen LogP contribution >= 0.6 is 7.60 Å². The van der Waals surface area contributed by atoms with Gasteiger partial charge in [-0.2, -0.15) is 0 Å². The van der Waals surface area contributed by atoms with Gasteiger partial charge in [-0.15, -0.1) is 5.10 Å². The van der Waals surface area contributed by atoms with Crippen LogP contribution in [-0.4, -0.2) is 65.2 Å². The minimum atomic E-state index is -4.00. The highest BCUT2D eigenvalue weighted by molar-refractivity contribution is 7.53. The van der Waals surface area contributed by atoms with Crippen molar-refractivity contribution in [3.63, 3.8) is 0 Å². The third kappa shape index (κ3) is 10.8. The molecule has 0 spiro atoms. The largest absolute Gasteiger partial charge is 0.510 e. The van der Waals surface area contributed by atoms with Crippen LogP contribution < -0.4 is 5.73 Å². The highest BCUT2D eigenvalue weighted by atomic mass is 31.2. The molecule has 15 heteroatoms. The van der Waals surface area contributed by atoms with Crippen molar-refractivity contribution < 1.29 is 46.9 Å². The first-order valence-corrected chi connectivity index (χ1v) is 13.9. The van der Waals surface area contributed by atoms with Crippen molar-refractivity contribution in [1.29, 1.82) is 0 Å². The number of nitrogens with zero attached hydrogens (tertiary/aromatic N) is 3. The first-order valence-electron chi connectivity index (χ1n) is 12.2. The predicted molar refractivity (Wildman–Crippen MR) is 135 cm³/mol. The Labute approximate surface area is 221 Å². The van der Waals surface area contributed by atoms with Crippen LogP contribution in [0.5, 0.6) is 0 Å². The Hall–Kier alpha value is -2.93. The van der Waals surface area contributed by atoms with Gasteiger partial charge in [0.05, 0.1) is 29.5 Å². The number of aryl methyl sites for hydroxylation is 2. The molecule has 0 aliphatic carbocycles. The first-order chi connectivity index (χ1) is 17.9. The van der Waals surface area contributed by atoms with Crippen LogP contribution in [0.1, 0.15) is 58.8 Å². The molecule has 2 heterocycles. The molecule has 0 aliphatic heterocycles. The maximum absolute atomic E-state index is 13.1. The van der Waals surface area contributed by atoms with E-state index >= 15 is 0 Å². The monoisotopic (exact) mass is 560 g/mol. The number of aromatic nitrogens is 3. The molecule has 0 fully saturated rings. The Morgan fingerprint density at radius 2 is 1.58 bits per heavy atom. The van der Waals surface area contributed by atoms with Gasteiger partial charge in [0, 0.05) is 5.69 Å². The minimum Gasteiger partial charge on any atom is -0.432 e. The van der Waals surface area contributed by atoms with Gasteiger partial charge in [0.2, 0.25) is 19.5 Å². The van der Waals surface area contributed by atoms with E-state index in [0.29, 0.717) is 12.8 Å². The zero-order valence-corrected chi connectivity index (χ0v) is 23.5. The topological polar surface area (TPSA) is 172 Å². The van der Waals surface area contributed by atoms with Gasteiger partial charge in [-0.25, -0.2) is 19.1 Å². The molecular weight excluding hydrogens is 523 g/mol. The molecule has 1 atom stereocenters. The van der Waals surface area contributed by atoms with Crippen LogP contribution in [0.2, 0.25) is 0 Å². The van der Waals surface area contributed by atoms with Gasteiger partial charge in [0.25, 0.3) is 0 Å². The summed E-state index contributed by atoms with van der Waals surface area (Å²) >= 11 is 0. The summed E-state index contributed by atoms with van der Waals surface area (Å²) in [5.41, 5.74) is 8.42. The summed E-state index contributed by atoms with van der Waals surface area (Å²) in [7, 11) is -4.00. The number of rotatable bonds is 15. The van der Waals surface area contributed by atoms with Crippen molar-refractivity contribution in [3.05, 3.63) is 23.5 Å². The number of nitrogens with two attached hydrogens (primary N) is 1. The summed E-state index contributed by atoms with van der Waals surface area (Å²) in [4.78, 5) is 27.3. The van der Waals surface area contributed by atoms with Gasteiger partial charge in [-0.3, -0.25) is 13.6 Å². The van der Waals surface area contributed by atoms with Crippen LogP contribution in [0, 0.1) is 6.92 Å². The highest BCUT2D eigenvalue weighted by Gasteiger charge is 2.28. The minimum absolute atomic E-state index is 0.197. The van der Waals surface area contributed by atoms with Crippen LogP contribution in [0.25, 0.3) is 5.52 Å². The number of nitrogen functional groups attached to an aromatic ring is 1. The zero-order valence-electron chi connectivity index (χ0n) is 22.6. The molecular formula is C23H37N4O10P. The molecule has 0 amide bonds. The number of ether oxygens (including phenoxy) is 5. The molecule has 14 nitrogen and oxygen atoms in total. The average Bonchev–Trinajstić information content (AvgIpc) is 3.20. The SMILES string of the molecule is Cc1nc(N)nn2c(CCCC(C)OCP(=O)(OCOC(=O)OC(C)C)OCOC(=O)OC(C)C)ccc12. The molecule has 2 rings (SSSR count). The zero-order chi connectivity index (χ0) is 28.3. The molecule has 0 saturated heterocycles. The smallest absolute Gasteiger partial charge is 0.432 e. The first kappa shape index (κ1) is 31.3. The van der Waals surface area contributed by atoms with E-state index in [9.17, 15) is 14.2 Å². The summed E-state index contributed by atoms with van der Waals surface area (Å²) in [5.74, 6) is 0.197. The maximum Gasteiger partial charge on any atom is 0.510 e. The maximum atomic E-state index is 13.1. The standard InChI is InChI=1S/C23H37N4O10P/c1-15(2)36-22(28)31-12-34-38(30,35-13-32-23(29)37-16(3)4)14-33-17(5)8-7-9-19-10-11-20-18(6)25-21(24)26-27(19)20/h10-11,15-17H,7-9,12-14H2,1-6H3,(H2,24,26). The number of hydrogen-bond acceptors (Lipinski definition) is 13. The predicted octanol–water partition coefficient (Wildman–Crippen LogP) is 4.57. The summed E-state index contributed by atoms with van der Waals surface area (Å²) < 4.78 is 50.0. The second-order valence-electron chi connectivity index (χ2n) is 8.90. The number of fused-ring (bicyclic) bond motifs is 1. The fourth-order valence-electron chi connectivity index (χ4n) is 3.15. The van der Waals surface area contributed by atoms with Crippen molar-refractivity contribution in [3.8, 4) is 0 Å². The number of carbonyl (C=O) groups excluding carboxylic acids is 2. The van der Waals surface area contributed by atoms with Crippen LogP contribution in [0.4, 0.5) is 15.5 Å². The summed E-state index contributed by atoms with van der Waals surface area (Å²) in [6, 6.07) is 3.90. The van der Waals surface area contributed by atoms with E-state index in [-0.39, 0.29) is 12.1 Å². The highest BCUT2D eigenvalue weighted by Crippen LogP contribution is 2.48. The normalized spacial score (nSPS) is 12.6. The lowest BCUT2D eigenvalue weighted by Crippen LogP contribution is -2.18.